The van der Waals surface area contributed by atoms with Gasteiger partial charge in [0.1, 0.15) is 11.4 Å². The Morgan fingerprint density at radius 2 is 1.60 bits per heavy atom. The van der Waals surface area contributed by atoms with Gasteiger partial charge in [-0.1, -0.05) is 24.3 Å². The minimum atomic E-state index is -0.919. The van der Waals surface area contributed by atoms with Crippen LogP contribution in [-0.2, 0) is 0 Å². The molecule has 2 heterocycles. The minimum Gasteiger partial charge on any atom is -0.493 e. The van der Waals surface area contributed by atoms with Gasteiger partial charge in [0, 0.05) is 18.7 Å². The third-order valence-corrected chi connectivity index (χ3v) is 8.12. The lowest BCUT2D eigenvalue weighted by atomic mass is 9.81. The first kappa shape index (κ1) is 24.3. The average Bonchev–Trinajstić information content (AvgIpc) is 3.36. The first-order chi connectivity index (χ1) is 17.0. The number of carbonyl (C=O) groups is 1. The quantitative estimate of drug-likeness (QED) is 0.582. The zero-order valence-electron chi connectivity index (χ0n) is 20.5. The molecule has 6 heteroatoms. The number of rotatable bonds is 8. The Kier molecular flexibility index (Phi) is 7.40. The summed E-state index contributed by atoms with van der Waals surface area (Å²) in [5.41, 5.74) is 1.88. The maximum atomic E-state index is 14.4. The van der Waals surface area contributed by atoms with Crippen LogP contribution in [0.25, 0.3) is 11.1 Å². The zero-order chi connectivity index (χ0) is 24.3. The molecule has 0 aromatic heterocycles. The summed E-state index contributed by atoms with van der Waals surface area (Å²) in [6, 6.07) is 15.8. The van der Waals surface area contributed by atoms with Gasteiger partial charge in [-0.25, -0.2) is 4.39 Å². The maximum absolute atomic E-state index is 14.4. The molecule has 1 N–H and O–H groups in total. The molecular weight excluding hydrogens is 443 g/mol. The molecule has 1 amide bonds. The van der Waals surface area contributed by atoms with Gasteiger partial charge in [-0.2, -0.15) is 0 Å². The van der Waals surface area contributed by atoms with Crippen molar-refractivity contribution in [2.75, 3.05) is 39.4 Å². The fourth-order valence-electron chi connectivity index (χ4n) is 5.65. The number of amides is 1. The van der Waals surface area contributed by atoms with Crippen molar-refractivity contribution in [3.8, 4) is 16.9 Å². The molecule has 1 saturated carbocycles. The van der Waals surface area contributed by atoms with Gasteiger partial charge < -0.3 is 19.6 Å². The van der Waals surface area contributed by atoms with Gasteiger partial charge >= 0.3 is 0 Å². The molecular formula is C29H37FN2O3. The van der Waals surface area contributed by atoms with Crippen molar-refractivity contribution in [1.82, 2.24) is 9.80 Å². The van der Waals surface area contributed by atoms with E-state index in [-0.39, 0.29) is 18.6 Å². The number of halogens is 1. The van der Waals surface area contributed by atoms with Crippen LogP contribution in [0.1, 0.15) is 55.3 Å². The largest absolute Gasteiger partial charge is 0.493 e. The van der Waals surface area contributed by atoms with E-state index in [0.717, 1.165) is 74.9 Å². The van der Waals surface area contributed by atoms with E-state index in [2.05, 4.69) is 17.0 Å². The number of carbonyl (C=O) groups excluding carboxylic acids is 1. The monoisotopic (exact) mass is 480 g/mol. The van der Waals surface area contributed by atoms with Crippen LogP contribution >= 0.6 is 0 Å². The van der Waals surface area contributed by atoms with E-state index in [9.17, 15) is 14.3 Å². The van der Waals surface area contributed by atoms with Crippen LogP contribution < -0.4 is 4.74 Å². The number of likely N-dealkylation sites (tertiary alicyclic amines) is 2. The minimum absolute atomic E-state index is 0.00470. The van der Waals surface area contributed by atoms with Crippen LogP contribution in [0.3, 0.4) is 0 Å². The highest BCUT2D eigenvalue weighted by atomic mass is 19.1. The fraction of sp³-hybridized carbons (Fsp3) is 0.552. The Morgan fingerprint density at radius 3 is 2.20 bits per heavy atom. The third-order valence-electron chi connectivity index (χ3n) is 8.12. The Hall–Kier alpha value is -2.44. The summed E-state index contributed by atoms with van der Waals surface area (Å²) in [6.07, 6.45) is 6.45. The van der Waals surface area contributed by atoms with Crippen molar-refractivity contribution in [3.63, 3.8) is 0 Å². The predicted molar refractivity (Wildman–Crippen MR) is 135 cm³/mol. The highest BCUT2D eigenvalue weighted by Gasteiger charge is 2.39. The lowest BCUT2D eigenvalue weighted by Gasteiger charge is -2.41. The Bertz CT molecular complexity index is 982. The van der Waals surface area contributed by atoms with E-state index >= 15 is 0 Å². The van der Waals surface area contributed by atoms with Crippen LogP contribution in [0, 0.1) is 5.92 Å². The number of nitrogens with zero attached hydrogens (tertiary/aromatic N) is 2. The molecule has 2 aliphatic heterocycles. The van der Waals surface area contributed by atoms with Crippen molar-refractivity contribution in [1.29, 1.82) is 0 Å². The molecule has 2 saturated heterocycles. The van der Waals surface area contributed by atoms with Gasteiger partial charge in [0.05, 0.1) is 19.3 Å². The van der Waals surface area contributed by atoms with E-state index in [1.807, 2.05) is 36.4 Å². The molecule has 1 aliphatic carbocycles. The lowest BCUT2D eigenvalue weighted by Crippen LogP contribution is -2.47. The van der Waals surface area contributed by atoms with Crippen LogP contribution in [0.2, 0.25) is 0 Å². The average molecular weight is 481 g/mol. The number of piperidine rings is 1. The van der Waals surface area contributed by atoms with Gasteiger partial charge in [0.15, 0.2) is 0 Å². The Morgan fingerprint density at radius 1 is 0.943 bits per heavy atom. The first-order valence-electron chi connectivity index (χ1n) is 13.2. The molecule has 1 unspecified atom stereocenters. The van der Waals surface area contributed by atoms with Crippen molar-refractivity contribution >= 4 is 5.91 Å². The fourth-order valence-corrected chi connectivity index (χ4v) is 5.65. The molecule has 2 aromatic rings. The number of alkyl halides is 1. The lowest BCUT2D eigenvalue weighted by molar-refractivity contribution is 0.00740. The van der Waals surface area contributed by atoms with Gasteiger partial charge in [0.25, 0.3) is 5.91 Å². The second-order valence-corrected chi connectivity index (χ2v) is 10.6. The molecule has 0 radical (unpaired) electrons. The Labute approximate surface area is 207 Å². The van der Waals surface area contributed by atoms with Crippen LogP contribution in [0.15, 0.2) is 48.5 Å². The standard InChI is InChI=1S/C29H37FN2O3/c30-29(14-2-15-29)21-31-17-12-22(13-18-31)20-35-27-10-8-24(9-11-27)23-4-6-25(7-5-23)28(34)32-16-1-3-26(32)19-33/h4-11,22,26,33H,1-3,12-21H2. The number of aliphatic hydroxyl groups excluding tert-OH is 1. The van der Waals surface area contributed by atoms with Crippen LogP contribution in [0.5, 0.6) is 5.75 Å². The number of hydrogen-bond acceptors (Lipinski definition) is 4. The summed E-state index contributed by atoms with van der Waals surface area (Å²) in [4.78, 5) is 16.9. The summed E-state index contributed by atoms with van der Waals surface area (Å²) in [7, 11) is 0. The number of aliphatic hydroxyl groups is 1. The molecule has 3 aliphatic rings. The van der Waals surface area contributed by atoms with E-state index in [0.29, 0.717) is 31.2 Å². The highest BCUT2D eigenvalue weighted by Crippen LogP contribution is 2.37. The van der Waals surface area contributed by atoms with Gasteiger partial charge in [-0.3, -0.25) is 4.79 Å². The zero-order valence-corrected chi connectivity index (χ0v) is 20.5. The number of hydrogen-bond donors (Lipinski definition) is 1. The normalized spacial score (nSPS) is 22.7. The molecule has 0 spiro atoms. The van der Waals surface area contributed by atoms with Crippen LogP contribution in [-0.4, -0.2) is 71.9 Å². The molecule has 2 aromatic carbocycles. The third kappa shape index (κ3) is 5.70. The van der Waals surface area contributed by atoms with E-state index < -0.39 is 5.67 Å². The number of ether oxygens (including phenoxy) is 1. The predicted octanol–water partition coefficient (Wildman–Crippen LogP) is 4.93. The summed E-state index contributed by atoms with van der Waals surface area (Å²) in [5, 5.41) is 9.50. The van der Waals surface area contributed by atoms with E-state index in [1.54, 1.807) is 4.90 Å². The molecule has 3 fully saturated rings. The molecule has 188 valence electrons. The molecule has 5 nitrogen and oxygen atoms in total. The van der Waals surface area contributed by atoms with Crippen molar-refractivity contribution in [3.05, 3.63) is 54.1 Å². The second kappa shape index (κ2) is 10.7. The highest BCUT2D eigenvalue weighted by molar-refractivity contribution is 5.95. The topological polar surface area (TPSA) is 53.0 Å². The molecule has 5 rings (SSSR count). The van der Waals surface area contributed by atoms with Gasteiger partial charge in [0.2, 0.25) is 0 Å². The number of benzene rings is 2. The smallest absolute Gasteiger partial charge is 0.254 e. The maximum Gasteiger partial charge on any atom is 0.254 e. The summed E-state index contributed by atoms with van der Waals surface area (Å²) in [6.45, 7) is 3.99. The van der Waals surface area contributed by atoms with Crippen LogP contribution in [0.4, 0.5) is 4.39 Å². The summed E-state index contributed by atoms with van der Waals surface area (Å²) >= 11 is 0. The van der Waals surface area contributed by atoms with Crippen molar-refractivity contribution in [2.24, 2.45) is 5.92 Å². The first-order valence-corrected chi connectivity index (χ1v) is 13.2. The van der Waals surface area contributed by atoms with Crippen molar-refractivity contribution in [2.45, 2.75) is 56.7 Å². The van der Waals surface area contributed by atoms with Gasteiger partial charge in [-0.05, 0) is 99.3 Å². The molecule has 0 bridgehead atoms. The van der Waals surface area contributed by atoms with E-state index in [4.69, 9.17) is 4.74 Å². The Balaban J connectivity index is 1.09. The summed E-state index contributed by atoms with van der Waals surface area (Å²) in [5.74, 6) is 1.38. The molecule has 35 heavy (non-hydrogen) atoms. The van der Waals surface area contributed by atoms with Crippen molar-refractivity contribution < 1.29 is 19.0 Å². The summed E-state index contributed by atoms with van der Waals surface area (Å²) < 4.78 is 20.4. The second-order valence-electron chi connectivity index (χ2n) is 10.6. The van der Waals surface area contributed by atoms with Gasteiger partial charge in [-0.15, -0.1) is 0 Å². The SMILES string of the molecule is O=C(c1ccc(-c2ccc(OCC3CCN(CC4(F)CCC4)CC3)cc2)cc1)N1CCCC1CO. The van der Waals surface area contributed by atoms with E-state index in [1.165, 1.54) is 0 Å². The molecule has 1 atom stereocenters.